The number of fused-ring (bicyclic) bond motifs is 1. The number of aromatic nitrogens is 1. The van der Waals surface area contributed by atoms with Crippen molar-refractivity contribution >= 4 is 5.91 Å². The number of hydrogen-bond donors (Lipinski definition) is 0. The zero-order valence-corrected chi connectivity index (χ0v) is 16.4. The normalized spacial score (nSPS) is 20.0. The summed E-state index contributed by atoms with van der Waals surface area (Å²) in [5.41, 5.74) is 4.13. The van der Waals surface area contributed by atoms with E-state index in [0.717, 1.165) is 69.4 Å². The number of likely N-dealkylation sites (tertiary alicyclic amines) is 1. The van der Waals surface area contributed by atoms with Crippen LogP contribution >= 0.6 is 0 Å². The van der Waals surface area contributed by atoms with Crippen LogP contribution in [-0.4, -0.2) is 41.5 Å². The lowest BCUT2D eigenvalue weighted by Gasteiger charge is -2.36. The van der Waals surface area contributed by atoms with Crippen LogP contribution < -0.4 is 0 Å². The van der Waals surface area contributed by atoms with Crippen molar-refractivity contribution in [3.63, 3.8) is 0 Å². The molecule has 1 saturated heterocycles. The van der Waals surface area contributed by atoms with Crippen LogP contribution in [0.25, 0.3) is 0 Å². The van der Waals surface area contributed by atoms with Gasteiger partial charge in [-0.05, 0) is 63.7 Å². The summed E-state index contributed by atoms with van der Waals surface area (Å²) in [4.78, 5) is 17.5. The molecule has 0 N–H and O–H groups in total. The Balaban J connectivity index is 1.57. The average Bonchev–Trinajstić information content (AvgIpc) is 3.12. The number of aryl methyl sites for hydroxylation is 1. The predicted octanol–water partition coefficient (Wildman–Crippen LogP) is 3.98. The van der Waals surface area contributed by atoms with Crippen LogP contribution in [0, 0.1) is 0 Å². The Labute approximate surface area is 161 Å². The molecule has 5 nitrogen and oxygen atoms in total. The minimum absolute atomic E-state index is 0.0453. The van der Waals surface area contributed by atoms with Gasteiger partial charge in [0.05, 0.1) is 6.04 Å². The summed E-state index contributed by atoms with van der Waals surface area (Å²) >= 11 is 0. The second kappa shape index (κ2) is 7.85. The molecule has 1 atom stereocenters. The number of hydrogen-bond acceptors (Lipinski definition) is 4. The Morgan fingerprint density at radius 1 is 1.15 bits per heavy atom. The van der Waals surface area contributed by atoms with Gasteiger partial charge < -0.3 is 14.3 Å². The predicted molar refractivity (Wildman–Crippen MR) is 105 cm³/mol. The molecule has 1 aliphatic heterocycles. The van der Waals surface area contributed by atoms with Gasteiger partial charge in [0.25, 0.3) is 5.91 Å². The third-order valence-electron chi connectivity index (χ3n) is 5.78. The number of benzene rings is 1. The maximum absolute atomic E-state index is 13.3. The third kappa shape index (κ3) is 3.79. The lowest BCUT2D eigenvalue weighted by Crippen LogP contribution is -2.39. The summed E-state index contributed by atoms with van der Waals surface area (Å²) in [6.07, 6.45) is 7.29. The molecule has 0 saturated carbocycles. The molecule has 0 unspecified atom stereocenters. The zero-order valence-electron chi connectivity index (χ0n) is 16.4. The van der Waals surface area contributed by atoms with Gasteiger partial charge in [0.1, 0.15) is 5.76 Å². The summed E-state index contributed by atoms with van der Waals surface area (Å²) in [6.45, 7) is 1.73. The van der Waals surface area contributed by atoms with Crippen LogP contribution in [0.1, 0.15) is 71.1 Å². The van der Waals surface area contributed by atoms with Gasteiger partial charge >= 0.3 is 0 Å². The fourth-order valence-electron chi connectivity index (χ4n) is 4.42. The highest BCUT2D eigenvalue weighted by Gasteiger charge is 2.33. The van der Waals surface area contributed by atoms with Gasteiger partial charge in [-0.1, -0.05) is 29.4 Å². The van der Waals surface area contributed by atoms with Crippen LogP contribution in [0.3, 0.4) is 0 Å². The molecule has 0 spiro atoms. The van der Waals surface area contributed by atoms with E-state index in [4.69, 9.17) is 4.52 Å². The van der Waals surface area contributed by atoms with E-state index in [1.807, 2.05) is 4.90 Å². The molecule has 1 amide bonds. The monoisotopic (exact) mass is 367 g/mol. The molecule has 0 bridgehead atoms. The van der Waals surface area contributed by atoms with E-state index >= 15 is 0 Å². The average molecular weight is 367 g/mol. The van der Waals surface area contributed by atoms with E-state index < -0.39 is 0 Å². The highest BCUT2D eigenvalue weighted by Crippen LogP contribution is 2.34. The van der Waals surface area contributed by atoms with E-state index in [-0.39, 0.29) is 11.9 Å². The third-order valence-corrected chi connectivity index (χ3v) is 5.78. The van der Waals surface area contributed by atoms with Crippen molar-refractivity contribution in [2.75, 3.05) is 20.6 Å². The molecule has 1 aliphatic carbocycles. The topological polar surface area (TPSA) is 49.6 Å². The van der Waals surface area contributed by atoms with Crippen molar-refractivity contribution in [3.05, 3.63) is 52.4 Å². The molecule has 4 rings (SSSR count). The summed E-state index contributed by atoms with van der Waals surface area (Å²) in [6, 6.07) is 8.88. The lowest BCUT2D eigenvalue weighted by atomic mass is 9.92. The van der Waals surface area contributed by atoms with Gasteiger partial charge in [-0.15, -0.1) is 0 Å². The number of piperidine rings is 1. The summed E-state index contributed by atoms with van der Waals surface area (Å²) < 4.78 is 5.49. The first-order chi connectivity index (χ1) is 13.1. The number of rotatable bonds is 4. The molecular formula is C22H29N3O2. The summed E-state index contributed by atoms with van der Waals surface area (Å²) in [5, 5.41) is 4.18. The molecule has 1 aromatic carbocycles. The van der Waals surface area contributed by atoms with Crippen molar-refractivity contribution in [2.45, 2.75) is 57.5 Å². The molecule has 2 heterocycles. The molecular weight excluding hydrogens is 338 g/mol. The second-order valence-corrected chi connectivity index (χ2v) is 8.13. The van der Waals surface area contributed by atoms with Crippen LogP contribution in [0.5, 0.6) is 0 Å². The molecule has 27 heavy (non-hydrogen) atoms. The SMILES string of the molecule is CN(C)Cc1ccc([C@@H]2CCCCN2C(=O)c2noc3c2CCCC3)cc1. The Morgan fingerprint density at radius 2 is 1.93 bits per heavy atom. The fourth-order valence-corrected chi connectivity index (χ4v) is 4.42. The van der Waals surface area contributed by atoms with E-state index in [0.29, 0.717) is 5.69 Å². The fraction of sp³-hybridized carbons (Fsp3) is 0.545. The quantitative estimate of drug-likeness (QED) is 0.820. The number of amides is 1. The Morgan fingerprint density at radius 3 is 2.70 bits per heavy atom. The van der Waals surface area contributed by atoms with Gasteiger partial charge in [-0.25, -0.2) is 0 Å². The number of carbonyl (C=O) groups excluding carboxylic acids is 1. The van der Waals surface area contributed by atoms with Crippen LogP contribution in [0.2, 0.25) is 0 Å². The van der Waals surface area contributed by atoms with E-state index in [1.165, 1.54) is 11.1 Å². The highest BCUT2D eigenvalue weighted by atomic mass is 16.5. The largest absolute Gasteiger partial charge is 0.360 e. The van der Waals surface area contributed by atoms with E-state index in [2.05, 4.69) is 48.4 Å². The number of carbonyl (C=O) groups is 1. The summed E-state index contributed by atoms with van der Waals surface area (Å²) in [7, 11) is 4.15. The molecule has 2 aromatic rings. The van der Waals surface area contributed by atoms with Crippen molar-refractivity contribution in [1.82, 2.24) is 15.0 Å². The van der Waals surface area contributed by atoms with Gasteiger partial charge in [-0.3, -0.25) is 4.79 Å². The minimum atomic E-state index is 0.0453. The van der Waals surface area contributed by atoms with Gasteiger partial charge in [0, 0.05) is 25.1 Å². The van der Waals surface area contributed by atoms with E-state index in [9.17, 15) is 4.79 Å². The first-order valence-electron chi connectivity index (χ1n) is 10.2. The number of nitrogens with zero attached hydrogens (tertiary/aromatic N) is 3. The molecule has 5 heteroatoms. The Hall–Kier alpha value is -2.14. The van der Waals surface area contributed by atoms with Crippen molar-refractivity contribution in [1.29, 1.82) is 0 Å². The Kier molecular flexibility index (Phi) is 5.30. The smallest absolute Gasteiger partial charge is 0.276 e. The molecule has 0 radical (unpaired) electrons. The van der Waals surface area contributed by atoms with Crippen LogP contribution in [0.4, 0.5) is 0 Å². The van der Waals surface area contributed by atoms with Gasteiger partial charge in [0.2, 0.25) is 0 Å². The first-order valence-corrected chi connectivity index (χ1v) is 10.2. The summed E-state index contributed by atoms with van der Waals surface area (Å²) in [5.74, 6) is 0.968. The molecule has 1 fully saturated rings. The van der Waals surface area contributed by atoms with E-state index in [1.54, 1.807) is 0 Å². The Bertz CT molecular complexity index is 794. The zero-order chi connectivity index (χ0) is 18.8. The molecule has 144 valence electrons. The minimum Gasteiger partial charge on any atom is -0.360 e. The van der Waals surface area contributed by atoms with Gasteiger partial charge in [0.15, 0.2) is 5.69 Å². The molecule has 1 aromatic heterocycles. The maximum atomic E-state index is 13.3. The van der Waals surface area contributed by atoms with Crippen LogP contribution in [-0.2, 0) is 19.4 Å². The highest BCUT2D eigenvalue weighted by molar-refractivity contribution is 5.94. The van der Waals surface area contributed by atoms with Crippen molar-refractivity contribution in [3.8, 4) is 0 Å². The lowest BCUT2D eigenvalue weighted by molar-refractivity contribution is 0.0600. The van der Waals surface area contributed by atoms with Gasteiger partial charge in [-0.2, -0.15) is 0 Å². The standard InChI is InChI=1S/C22H29N3O2/c1-24(2)15-16-10-12-17(13-11-16)19-8-5-6-14-25(19)22(26)21-18-7-3-4-9-20(18)27-23-21/h10-13,19H,3-9,14-15H2,1-2H3/t19-/m0/s1. The maximum Gasteiger partial charge on any atom is 0.276 e. The van der Waals surface area contributed by atoms with Crippen molar-refractivity contribution in [2.24, 2.45) is 0 Å². The van der Waals surface area contributed by atoms with Crippen molar-refractivity contribution < 1.29 is 9.32 Å². The van der Waals surface area contributed by atoms with Crippen LogP contribution in [0.15, 0.2) is 28.8 Å². The molecule has 2 aliphatic rings. The first kappa shape index (κ1) is 18.2. The second-order valence-electron chi connectivity index (χ2n) is 8.13.